The Morgan fingerprint density at radius 3 is 2.24 bits per heavy atom. The van der Waals surface area contributed by atoms with Crippen molar-refractivity contribution in [2.45, 2.75) is 74.0 Å². The van der Waals surface area contributed by atoms with Crippen molar-refractivity contribution >= 4 is 0 Å². The Labute approximate surface area is 230 Å². The number of benzene rings is 3. The summed E-state index contributed by atoms with van der Waals surface area (Å²) in [6, 6.07) is 19.0. The van der Waals surface area contributed by atoms with Gasteiger partial charge in [-0.3, -0.25) is 0 Å². The topological polar surface area (TPSA) is 33.0 Å². The van der Waals surface area contributed by atoms with Crippen LogP contribution < -0.4 is 0 Å². The fourth-order valence-corrected chi connectivity index (χ4v) is 4.83. The average molecular weight is 504 g/mol. The minimum atomic E-state index is -0.272. The summed E-state index contributed by atoms with van der Waals surface area (Å²) < 4.78 is 6.79. The number of unbranched alkanes of at least 4 members (excludes halogenated alkanes) is 1. The second kappa shape index (κ2) is 13.8. The summed E-state index contributed by atoms with van der Waals surface area (Å²) in [5.41, 5.74) is 12.4. The minimum absolute atomic E-state index is 0.272. The first-order valence-electron chi connectivity index (χ1n) is 13.6. The fourth-order valence-electron chi connectivity index (χ4n) is 4.83. The molecule has 0 fully saturated rings. The molecule has 0 aliphatic carbocycles. The van der Waals surface area contributed by atoms with E-state index < -0.39 is 0 Å². The zero-order valence-corrected chi connectivity index (χ0v) is 24.1. The quantitative estimate of drug-likeness (QED) is 0.258. The Morgan fingerprint density at radius 2 is 1.61 bits per heavy atom. The fraction of sp³-hybridized carbons (Fsp3) is 0.306. The number of aryl methyl sites for hydroxylation is 3. The lowest BCUT2D eigenvalue weighted by molar-refractivity contribution is 0.0655. The third-order valence-electron chi connectivity index (χ3n) is 7.45. The van der Waals surface area contributed by atoms with Gasteiger partial charge >= 0.3 is 0 Å². The third kappa shape index (κ3) is 6.80. The predicted molar refractivity (Wildman–Crippen MR) is 161 cm³/mol. The molecule has 3 aromatic carbocycles. The minimum Gasteiger partial charge on any atom is -0.364 e. The number of nitriles is 1. The van der Waals surface area contributed by atoms with Crippen molar-refractivity contribution in [1.29, 1.82) is 5.26 Å². The Bertz CT molecular complexity index is 1370. The molecule has 0 saturated carbocycles. The summed E-state index contributed by atoms with van der Waals surface area (Å²) >= 11 is 0. The van der Waals surface area contributed by atoms with Crippen molar-refractivity contribution < 1.29 is 4.74 Å². The Morgan fingerprint density at radius 1 is 0.895 bits per heavy atom. The van der Waals surface area contributed by atoms with E-state index in [1.54, 1.807) is 0 Å². The molecule has 3 aromatic rings. The number of allylic oxidation sites excluding steroid dienone is 4. The highest BCUT2D eigenvalue weighted by molar-refractivity contribution is 5.74. The first kappa shape index (κ1) is 28.9. The van der Waals surface area contributed by atoms with Crippen molar-refractivity contribution in [2.24, 2.45) is 0 Å². The van der Waals surface area contributed by atoms with Gasteiger partial charge in [-0.25, -0.2) is 0 Å². The number of hydrogen-bond donors (Lipinski definition) is 0. The Kier molecular flexibility index (Phi) is 10.5. The number of rotatable bonds is 10. The van der Waals surface area contributed by atoms with Crippen LogP contribution in [0.15, 0.2) is 84.5 Å². The molecule has 0 aliphatic rings. The van der Waals surface area contributed by atoms with Crippen molar-refractivity contribution in [1.82, 2.24) is 0 Å². The molecule has 0 aromatic heterocycles. The number of hydrogen-bond acceptors (Lipinski definition) is 2. The molecule has 0 amide bonds. The zero-order chi connectivity index (χ0) is 27.7. The van der Waals surface area contributed by atoms with Gasteiger partial charge in [0.25, 0.3) is 0 Å². The maximum absolute atomic E-state index is 9.90. The molecular weight excluding hydrogens is 462 g/mol. The van der Waals surface area contributed by atoms with Crippen LogP contribution in [0.2, 0.25) is 0 Å². The van der Waals surface area contributed by atoms with Crippen molar-refractivity contribution in [2.75, 3.05) is 0 Å². The van der Waals surface area contributed by atoms with Crippen LogP contribution in [0.1, 0.15) is 77.3 Å². The summed E-state index contributed by atoms with van der Waals surface area (Å²) in [5.74, 6) is 0. The standard InChI is InChI=1S/C36H41NO/c1-8-10-11-12-13-17-30(9-2)36(38-24-35-28(6)26(4)21-27(5)29(35)7)31-19-20-32(23-37)34(22-31)33-18-15-14-16-25(33)3/h9,11-22,36H,8,10,24H2,1-7H3/b12-11+,17-13-,30-9+. The lowest BCUT2D eigenvalue weighted by Gasteiger charge is -2.23. The second-order valence-corrected chi connectivity index (χ2v) is 10.0. The van der Waals surface area contributed by atoms with Gasteiger partial charge in [-0.2, -0.15) is 5.26 Å². The van der Waals surface area contributed by atoms with Crippen LogP contribution >= 0.6 is 0 Å². The maximum atomic E-state index is 9.90. The summed E-state index contributed by atoms with van der Waals surface area (Å²) in [6.07, 6.45) is 12.6. The molecule has 0 aliphatic heterocycles. The van der Waals surface area contributed by atoms with E-state index in [2.05, 4.69) is 109 Å². The van der Waals surface area contributed by atoms with Crippen molar-refractivity contribution in [3.8, 4) is 17.2 Å². The molecule has 0 spiro atoms. The van der Waals surface area contributed by atoms with E-state index in [9.17, 15) is 5.26 Å². The second-order valence-electron chi connectivity index (χ2n) is 10.0. The summed E-state index contributed by atoms with van der Waals surface area (Å²) in [6.45, 7) is 15.5. The highest BCUT2D eigenvalue weighted by Gasteiger charge is 2.20. The normalized spacial score (nSPS) is 12.8. The van der Waals surface area contributed by atoms with Gasteiger partial charge in [-0.05, 0) is 110 Å². The predicted octanol–water partition coefficient (Wildman–Crippen LogP) is 9.88. The largest absolute Gasteiger partial charge is 0.364 e. The molecule has 0 bridgehead atoms. The van der Waals surface area contributed by atoms with Gasteiger partial charge in [0.1, 0.15) is 6.10 Å². The zero-order valence-electron chi connectivity index (χ0n) is 24.1. The van der Waals surface area contributed by atoms with E-state index in [0.29, 0.717) is 12.2 Å². The van der Waals surface area contributed by atoms with Gasteiger partial charge in [0.15, 0.2) is 0 Å². The first-order chi connectivity index (χ1) is 18.3. The van der Waals surface area contributed by atoms with Crippen LogP contribution in [-0.2, 0) is 11.3 Å². The summed E-state index contributed by atoms with van der Waals surface area (Å²) in [4.78, 5) is 0. The molecule has 196 valence electrons. The molecule has 2 nitrogen and oxygen atoms in total. The molecule has 2 heteroatoms. The Hall–Kier alpha value is -3.67. The van der Waals surface area contributed by atoms with Gasteiger partial charge in [0.2, 0.25) is 0 Å². The van der Waals surface area contributed by atoms with Crippen LogP contribution in [-0.4, -0.2) is 0 Å². The molecule has 1 atom stereocenters. The smallest absolute Gasteiger partial charge is 0.108 e. The SMILES string of the molecule is C\C=C(/C=C\C=C\CCC)C(OCc1c(C)c(C)cc(C)c1C)c1ccc(C#N)c(-c2ccccc2C)c1. The van der Waals surface area contributed by atoms with Crippen LogP contribution in [0, 0.1) is 45.9 Å². The van der Waals surface area contributed by atoms with Crippen LogP contribution in [0.3, 0.4) is 0 Å². The first-order valence-corrected chi connectivity index (χ1v) is 13.6. The van der Waals surface area contributed by atoms with Gasteiger partial charge in [0.05, 0.1) is 18.2 Å². The van der Waals surface area contributed by atoms with Gasteiger partial charge in [0, 0.05) is 5.56 Å². The van der Waals surface area contributed by atoms with Gasteiger partial charge in [-0.15, -0.1) is 0 Å². The monoisotopic (exact) mass is 503 g/mol. The number of nitrogens with zero attached hydrogens (tertiary/aromatic N) is 1. The molecule has 3 rings (SSSR count). The van der Waals surface area contributed by atoms with E-state index in [1.165, 1.54) is 27.8 Å². The summed E-state index contributed by atoms with van der Waals surface area (Å²) in [5, 5.41) is 9.90. The lowest BCUT2D eigenvalue weighted by Crippen LogP contribution is -2.10. The van der Waals surface area contributed by atoms with Crippen molar-refractivity contribution in [3.63, 3.8) is 0 Å². The lowest BCUT2D eigenvalue weighted by atomic mass is 9.91. The molecule has 0 N–H and O–H groups in total. The highest BCUT2D eigenvalue weighted by atomic mass is 16.5. The van der Waals surface area contributed by atoms with E-state index in [4.69, 9.17) is 4.74 Å². The highest BCUT2D eigenvalue weighted by Crippen LogP contribution is 2.35. The third-order valence-corrected chi connectivity index (χ3v) is 7.45. The van der Waals surface area contributed by atoms with Crippen LogP contribution in [0.5, 0.6) is 0 Å². The molecule has 1 unspecified atom stereocenters. The van der Waals surface area contributed by atoms with Crippen molar-refractivity contribution in [3.05, 3.63) is 129 Å². The van der Waals surface area contributed by atoms with E-state index >= 15 is 0 Å². The molecular formula is C36H41NO. The summed E-state index contributed by atoms with van der Waals surface area (Å²) in [7, 11) is 0. The average Bonchev–Trinajstić information content (AvgIpc) is 2.92. The molecule has 0 heterocycles. The van der Waals surface area contributed by atoms with E-state index in [-0.39, 0.29) is 6.10 Å². The van der Waals surface area contributed by atoms with E-state index in [1.807, 2.05) is 24.3 Å². The molecule has 38 heavy (non-hydrogen) atoms. The number of ether oxygens (including phenoxy) is 1. The molecule has 0 saturated heterocycles. The maximum Gasteiger partial charge on any atom is 0.108 e. The van der Waals surface area contributed by atoms with Gasteiger partial charge < -0.3 is 4.74 Å². The van der Waals surface area contributed by atoms with Crippen LogP contribution in [0.25, 0.3) is 11.1 Å². The van der Waals surface area contributed by atoms with Crippen LogP contribution in [0.4, 0.5) is 0 Å². The molecule has 0 radical (unpaired) electrons. The van der Waals surface area contributed by atoms with Gasteiger partial charge in [-0.1, -0.05) is 80.1 Å². The van der Waals surface area contributed by atoms with E-state index in [0.717, 1.165) is 40.7 Å². The Balaban J connectivity index is 2.10.